The molecule has 106 valence electrons. The quantitative estimate of drug-likeness (QED) is 0.734. The molecule has 1 aromatic heterocycles. The van der Waals surface area contributed by atoms with Crippen molar-refractivity contribution in [2.45, 2.75) is 38.6 Å². The second kappa shape index (κ2) is 5.15. The van der Waals surface area contributed by atoms with Gasteiger partial charge in [0.25, 0.3) is 0 Å². The van der Waals surface area contributed by atoms with E-state index >= 15 is 0 Å². The summed E-state index contributed by atoms with van der Waals surface area (Å²) in [5.41, 5.74) is 1.07. The molecule has 1 heterocycles. The van der Waals surface area contributed by atoms with Gasteiger partial charge in [0.2, 0.25) is 0 Å². The van der Waals surface area contributed by atoms with Gasteiger partial charge < -0.3 is 15.3 Å². The van der Waals surface area contributed by atoms with Crippen LogP contribution < -0.4 is 16.4 Å². The zero-order valence-electron chi connectivity index (χ0n) is 11.5. The highest BCUT2D eigenvalue weighted by Crippen LogP contribution is 2.26. The average molecular weight is 273 g/mol. The van der Waals surface area contributed by atoms with Crippen LogP contribution in [0.3, 0.4) is 0 Å². The Morgan fingerprint density at radius 1 is 1.00 bits per heavy atom. The molecular formula is C15H19N3O2. The monoisotopic (exact) mass is 273 g/mol. The summed E-state index contributed by atoms with van der Waals surface area (Å²) in [7, 11) is 0. The standard InChI is InChI=1S/C15H19N3O2/c1-9-2-4-10(5-3-9)16-11-6-7-12-13(8-11)18-15(20)14(19)17-12/h6-10,16H,2-5H2,1H3,(H,17,19)(H,18,20). The van der Waals surface area contributed by atoms with Gasteiger partial charge in [-0.1, -0.05) is 6.92 Å². The van der Waals surface area contributed by atoms with E-state index in [1.807, 2.05) is 18.2 Å². The highest BCUT2D eigenvalue weighted by atomic mass is 16.2. The maximum absolute atomic E-state index is 11.4. The molecule has 1 aliphatic carbocycles. The van der Waals surface area contributed by atoms with E-state index in [1.165, 1.54) is 25.7 Å². The second-order valence-corrected chi connectivity index (χ2v) is 5.77. The molecule has 0 amide bonds. The Bertz CT molecular complexity index is 724. The van der Waals surface area contributed by atoms with E-state index in [2.05, 4.69) is 22.2 Å². The largest absolute Gasteiger partial charge is 0.382 e. The minimum atomic E-state index is -0.612. The van der Waals surface area contributed by atoms with E-state index in [0.717, 1.165) is 11.6 Å². The molecule has 0 saturated heterocycles. The van der Waals surface area contributed by atoms with Crippen LogP contribution in [0.2, 0.25) is 0 Å². The predicted octanol–water partition coefficient (Wildman–Crippen LogP) is 2.21. The zero-order valence-corrected chi connectivity index (χ0v) is 11.5. The summed E-state index contributed by atoms with van der Waals surface area (Å²) in [5, 5.41) is 3.51. The molecule has 20 heavy (non-hydrogen) atoms. The van der Waals surface area contributed by atoms with Crippen LogP contribution in [-0.2, 0) is 0 Å². The third-order valence-corrected chi connectivity index (χ3v) is 4.11. The van der Waals surface area contributed by atoms with Crippen molar-refractivity contribution in [1.29, 1.82) is 0 Å². The number of H-pyrrole nitrogens is 2. The van der Waals surface area contributed by atoms with Crippen molar-refractivity contribution < 1.29 is 0 Å². The van der Waals surface area contributed by atoms with Gasteiger partial charge in [-0.25, -0.2) is 0 Å². The normalized spacial score (nSPS) is 22.9. The number of hydrogen-bond acceptors (Lipinski definition) is 3. The van der Waals surface area contributed by atoms with Crippen LogP contribution in [0.1, 0.15) is 32.6 Å². The molecule has 0 atom stereocenters. The Morgan fingerprint density at radius 2 is 1.65 bits per heavy atom. The van der Waals surface area contributed by atoms with Crippen LogP contribution in [0, 0.1) is 5.92 Å². The molecule has 2 aromatic rings. The van der Waals surface area contributed by atoms with E-state index in [1.54, 1.807) is 0 Å². The molecule has 3 rings (SSSR count). The molecule has 5 nitrogen and oxygen atoms in total. The van der Waals surface area contributed by atoms with Gasteiger partial charge in [-0.05, 0) is 49.8 Å². The van der Waals surface area contributed by atoms with Gasteiger partial charge in [0, 0.05) is 11.7 Å². The first kappa shape index (κ1) is 13.0. The lowest BCUT2D eigenvalue weighted by Crippen LogP contribution is -2.29. The molecule has 0 spiro atoms. The smallest absolute Gasteiger partial charge is 0.314 e. The van der Waals surface area contributed by atoms with Gasteiger partial charge in [0.05, 0.1) is 11.0 Å². The average Bonchev–Trinajstić information content (AvgIpc) is 2.43. The Kier molecular flexibility index (Phi) is 3.34. The maximum Gasteiger partial charge on any atom is 0.314 e. The van der Waals surface area contributed by atoms with Gasteiger partial charge in [0.15, 0.2) is 0 Å². The number of benzene rings is 1. The number of fused-ring (bicyclic) bond motifs is 1. The maximum atomic E-state index is 11.4. The molecule has 0 bridgehead atoms. The van der Waals surface area contributed by atoms with Crippen LogP contribution in [0.25, 0.3) is 11.0 Å². The van der Waals surface area contributed by atoms with Gasteiger partial charge in [-0.15, -0.1) is 0 Å². The van der Waals surface area contributed by atoms with E-state index in [9.17, 15) is 9.59 Å². The Labute approximate surface area is 116 Å². The Hall–Kier alpha value is -2.04. The van der Waals surface area contributed by atoms with E-state index in [-0.39, 0.29) is 0 Å². The molecule has 1 saturated carbocycles. The van der Waals surface area contributed by atoms with E-state index in [0.29, 0.717) is 17.1 Å². The third-order valence-electron chi connectivity index (χ3n) is 4.11. The third kappa shape index (κ3) is 2.61. The van der Waals surface area contributed by atoms with Crippen molar-refractivity contribution >= 4 is 16.7 Å². The summed E-state index contributed by atoms with van der Waals surface area (Å²) >= 11 is 0. The fraction of sp³-hybridized carbons (Fsp3) is 0.467. The molecule has 1 fully saturated rings. The first-order valence-corrected chi connectivity index (χ1v) is 7.15. The lowest BCUT2D eigenvalue weighted by Gasteiger charge is -2.27. The van der Waals surface area contributed by atoms with Crippen LogP contribution >= 0.6 is 0 Å². The first-order chi connectivity index (χ1) is 9.61. The zero-order chi connectivity index (χ0) is 14.1. The minimum absolute atomic E-state index is 0.498. The fourth-order valence-electron chi connectivity index (χ4n) is 2.84. The van der Waals surface area contributed by atoms with Crippen molar-refractivity contribution in [2.75, 3.05) is 5.32 Å². The lowest BCUT2D eigenvalue weighted by molar-refractivity contribution is 0.361. The van der Waals surface area contributed by atoms with Crippen molar-refractivity contribution in [2.24, 2.45) is 5.92 Å². The molecule has 0 radical (unpaired) electrons. The molecule has 0 aliphatic heterocycles. The Balaban J connectivity index is 1.84. The van der Waals surface area contributed by atoms with Crippen LogP contribution in [0.5, 0.6) is 0 Å². The van der Waals surface area contributed by atoms with E-state index in [4.69, 9.17) is 0 Å². The van der Waals surface area contributed by atoms with Crippen LogP contribution in [0.15, 0.2) is 27.8 Å². The number of rotatable bonds is 2. The summed E-state index contributed by atoms with van der Waals surface area (Å²) in [5.74, 6) is 0.825. The summed E-state index contributed by atoms with van der Waals surface area (Å²) in [6.45, 7) is 2.30. The molecule has 0 unspecified atom stereocenters. The summed E-state index contributed by atoms with van der Waals surface area (Å²) in [4.78, 5) is 27.8. The lowest BCUT2D eigenvalue weighted by atomic mass is 9.87. The number of aromatic amines is 2. The second-order valence-electron chi connectivity index (χ2n) is 5.77. The highest BCUT2D eigenvalue weighted by molar-refractivity contribution is 5.78. The van der Waals surface area contributed by atoms with Gasteiger partial charge in [-0.3, -0.25) is 9.59 Å². The fourth-order valence-corrected chi connectivity index (χ4v) is 2.84. The molecular weight excluding hydrogens is 254 g/mol. The highest BCUT2D eigenvalue weighted by Gasteiger charge is 2.17. The van der Waals surface area contributed by atoms with Gasteiger partial charge in [-0.2, -0.15) is 0 Å². The molecule has 5 heteroatoms. The SMILES string of the molecule is CC1CCC(Nc2ccc3[nH]c(=O)c(=O)[nH]c3c2)CC1. The minimum Gasteiger partial charge on any atom is -0.382 e. The molecule has 1 aliphatic rings. The molecule has 3 N–H and O–H groups in total. The summed E-state index contributed by atoms with van der Waals surface area (Å²) < 4.78 is 0. The predicted molar refractivity (Wildman–Crippen MR) is 80.2 cm³/mol. The number of nitrogens with one attached hydrogen (secondary N) is 3. The van der Waals surface area contributed by atoms with Crippen molar-refractivity contribution in [3.63, 3.8) is 0 Å². The van der Waals surface area contributed by atoms with Crippen LogP contribution in [-0.4, -0.2) is 16.0 Å². The van der Waals surface area contributed by atoms with Gasteiger partial charge >= 0.3 is 11.1 Å². The molecule has 1 aromatic carbocycles. The summed E-state index contributed by atoms with van der Waals surface area (Å²) in [6, 6.07) is 6.14. The first-order valence-electron chi connectivity index (χ1n) is 7.15. The number of anilines is 1. The number of hydrogen-bond donors (Lipinski definition) is 3. The van der Waals surface area contributed by atoms with E-state index < -0.39 is 11.1 Å². The van der Waals surface area contributed by atoms with Crippen molar-refractivity contribution in [3.05, 3.63) is 38.9 Å². The number of aromatic nitrogens is 2. The van der Waals surface area contributed by atoms with Gasteiger partial charge in [0.1, 0.15) is 0 Å². The van der Waals surface area contributed by atoms with Crippen molar-refractivity contribution in [3.8, 4) is 0 Å². The van der Waals surface area contributed by atoms with Crippen LogP contribution in [0.4, 0.5) is 5.69 Å². The Morgan fingerprint density at radius 3 is 2.35 bits per heavy atom. The summed E-state index contributed by atoms with van der Waals surface area (Å²) in [6.07, 6.45) is 4.88. The van der Waals surface area contributed by atoms with Crippen molar-refractivity contribution in [1.82, 2.24) is 9.97 Å². The topological polar surface area (TPSA) is 77.8 Å².